The molecular formula is C14H27N3. The lowest BCUT2D eigenvalue weighted by molar-refractivity contribution is 0.194. The van der Waals surface area contributed by atoms with Crippen LogP contribution in [0.1, 0.15) is 32.6 Å². The predicted octanol–water partition coefficient (Wildman–Crippen LogP) is 1.15. The van der Waals surface area contributed by atoms with Gasteiger partial charge < -0.3 is 10.2 Å². The van der Waals surface area contributed by atoms with E-state index in [1.165, 1.54) is 51.9 Å². The monoisotopic (exact) mass is 237 g/mol. The first kappa shape index (κ1) is 11.9. The summed E-state index contributed by atoms with van der Waals surface area (Å²) in [7, 11) is 2.29. The molecule has 3 nitrogen and oxygen atoms in total. The van der Waals surface area contributed by atoms with Crippen molar-refractivity contribution in [3.8, 4) is 0 Å². The number of piperidine rings is 1. The van der Waals surface area contributed by atoms with E-state index in [2.05, 4.69) is 29.1 Å². The van der Waals surface area contributed by atoms with Crippen LogP contribution in [0.4, 0.5) is 0 Å². The van der Waals surface area contributed by atoms with Crippen LogP contribution in [0.5, 0.6) is 0 Å². The summed E-state index contributed by atoms with van der Waals surface area (Å²) in [6, 6.07) is 2.38. The van der Waals surface area contributed by atoms with Gasteiger partial charge in [0, 0.05) is 31.2 Å². The quantitative estimate of drug-likeness (QED) is 0.774. The lowest BCUT2D eigenvalue weighted by Gasteiger charge is -2.33. The molecule has 2 aliphatic heterocycles. The van der Waals surface area contributed by atoms with E-state index in [4.69, 9.17) is 0 Å². The van der Waals surface area contributed by atoms with Crippen LogP contribution in [0.15, 0.2) is 0 Å². The van der Waals surface area contributed by atoms with E-state index >= 15 is 0 Å². The van der Waals surface area contributed by atoms with E-state index < -0.39 is 0 Å². The van der Waals surface area contributed by atoms with Crippen LogP contribution in [0.25, 0.3) is 0 Å². The fraction of sp³-hybridized carbons (Fsp3) is 1.00. The first-order valence-corrected chi connectivity index (χ1v) is 7.41. The van der Waals surface area contributed by atoms with Gasteiger partial charge in [-0.1, -0.05) is 0 Å². The fourth-order valence-corrected chi connectivity index (χ4v) is 3.53. The number of nitrogens with one attached hydrogen (secondary N) is 1. The van der Waals surface area contributed by atoms with Gasteiger partial charge in [0.2, 0.25) is 0 Å². The smallest absolute Gasteiger partial charge is 0.0192 e. The second-order valence-corrected chi connectivity index (χ2v) is 6.40. The van der Waals surface area contributed by atoms with Crippen molar-refractivity contribution < 1.29 is 0 Å². The minimum absolute atomic E-state index is 0.696. The maximum atomic E-state index is 3.84. The fourth-order valence-electron chi connectivity index (χ4n) is 3.53. The van der Waals surface area contributed by atoms with E-state index in [1.54, 1.807) is 0 Å². The molecule has 1 saturated carbocycles. The zero-order valence-corrected chi connectivity index (χ0v) is 11.4. The Morgan fingerprint density at radius 1 is 1.24 bits per heavy atom. The van der Waals surface area contributed by atoms with Gasteiger partial charge in [-0.15, -0.1) is 0 Å². The zero-order valence-electron chi connectivity index (χ0n) is 11.4. The minimum Gasteiger partial charge on any atom is -0.312 e. The van der Waals surface area contributed by atoms with Gasteiger partial charge in [-0.2, -0.15) is 0 Å². The van der Waals surface area contributed by atoms with Crippen LogP contribution in [-0.4, -0.2) is 61.2 Å². The molecule has 2 saturated heterocycles. The molecule has 1 N–H and O–H groups in total. The Morgan fingerprint density at radius 2 is 2.00 bits per heavy atom. The topological polar surface area (TPSA) is 18.5 Å². The Labute approximate surface area is 106 Å². The number of fused-ring (bicyclic) bond motifs is 2. The zero-order chi connectivity index (χ0) is 11.8. The molecule has 0 amide bonds. The molecule has 2 heterocycles. The summed E-state index contributed by atoms with van der Waals surface area (Å²) < 4.78 is 0. The highest BCUT2D eigenvalue weighted by atomic mass is 15.2. The minimum atomic E-state index is 0.696. The van der Waals surface area contributed by atoms with Crippen LogP contribution in [0.3, 0.4) is 0 Å². The van der Waals surface area contributed by atoms with Gasteiger partial charge >= 0.3 is 0 Å². The number of likely N-dealkylation sites (N-methyl/N-ethyl adjacent to an activating group) is 1. The van der Waals surface area contributed by atoms with Gasteiger partial charge in [0.05, 0.1) is 0 Å². The molecule has 0 radical (unpaired) electrons. The molecule has 2 bridgehead atoms. The molecule has 3 rings (SSSR count). The molecule has 3 aliphatic rings. The van der Waals surface area contributed by atoms with Crippen molar-refractivity contribution >= 4 is 0 Å². The maximum Gasteiger partial charge on any atom is 0.0192 e. The van der Waals surface area contributed by atoms with Crippen molar-refractivity contribution in [1.29, 1.82) is 0 Å². The largest absolute Gasteiger partial charge is 0.312 e. The summed E-state index contributed by atoms with van der Waals surface area (Å²) in [5.41, 5.74) is 0. The summed E-state index contributed by atoms with van der Waals surface area (Å²) >= 11 is 0. The van der Waals surface area contributed by atoms with Crippen molar-refractivity contribution in [2.75, 3.05) is 33.2 Å². The highest BCUT2D eigenvalue weighted by molar-refractivity contribution is 4.92. The van der Waals surface area contributed by atoms with Gasteiger partial charge in [0.1, 0.15) is 0 Å². The Morgan fingerprint density at radius 3 is 2.76 bits per heavy atom. The molecule has 3 heteroatoms. The third-order valence-electron chi connectivity index (χ3n) is 5.13. The van der Waals surface area contributed by atoms with Gasteiger partial charge in [0.25, 0.3) is 0 Å². The average Bonchev–Trinajstić information content (AvgIpc) is 3.12. The van der Waals surface area contributed by atoms with Crippen LogP contribution < -0.4 is 5.32 Å². The van der Waals surface area contributed by atoms with Crippen LogP contribution in [0.2, 0.25) is 0 Å². The number of hydrogen-bond donors (Lipinski definition) is 1. The molecule has 0 aromatic heterocycles. The summed E-state index contributed by atoms with van der Waals surface area (Å²) in [5.74, 6) is 0.933. The highest BCUT2D eigenvalue weighted by Crippen LogP contribution is 2.28. The molecule has 4 unspecified atom stereocenters. The first-order valence-electron chi connectivity index (χ1n) is 7.41. The van der Waals surface area contributed by atoms with E-state index in [9.17, 15) is 0 Å². The normalized spacial score (nSPS) is 38.6. The molecule has 98 valence electrons. The maximum absolute atomic E-state index is 3.84. The standard InChI is InChI=1S/C14H27N3/c1-11(16(2)13-3-4-13)9-15-14-6-8-17-7-5-12(14)10-17/h11-15H,3-10H2,1-2H3. The second-order valence-electron chi connectivity index (χ2n) is 6.40. The van der Waals surface area contributed by atoms with E-state index in [1.807, 2.05) is 0 Å². The number of hydrogen-bond acceptors (Lipinski definition) is 3. The van der Waals surface area contributed by atoms with Gasteiger partial charge in [0.15, 0.2) is 0 Å². The highest BCUT2D eigenvalue weighted by Gasteiger charge is 2.34. The Hall–Kier alpha value is -0.120. The number of rotatable bonds is 5. The first-order chi connectivity index (χ1) is 8.24. The third kappa shape index (κ3) is 2.67. The summed E-state index contributed by atoms with van der Waals surface area (Å²) in [6.07, 6.45) is 5.62. The van der Waals surface area contributed by atoms with Crippen molar-refractivity contribution in [2.24, 2.45) is 5.92 Å². The van der Waals surface area contributed by atoms with Gasteiger partial charge in [-0.05, 0) is 58.7 Å². The van der Waals surface area contributed by atoms with Crippen molar-refractivity contribution in [3.63, 3.8) is 0 Å². The predicted molar refractivity (Wildman–Crippen MR) is 71.2 cm³/mol. The molecule has 3 fully saturated rings. The lowest BCUT2D eigenvalue weighted by atomic mass is 9.94. The Bertz CT molecular complexity index is 264. The van der Waals surface area contributed by atoms with Crippen molar-refractivity contribution in [3.05, 3.63) is 0 Å². The molecule has 4 atom stereocenters. The molecule has 0 aromatic rings. The number of nitrogens with zero attached hydrogens (tertiary/aromatic N) is 2. The lowest BCUT2D eigenvalue weighted by Crippen LogP contribution is -2.48. The Kier molecular flexibility index (Phi) is 3.42. The van der Waals surface area contributed by atoms with Crippen LogP contribution in [0, 0.1) is 5.92 Å². The molecule has 0 aromatic carbocycles. The van der Waals surface area contributed by atoms with Crippen molar-refractivity contribution in [2.45, 2.75) is 50.7 Å². The van der Waals surface area contributed by atoms with Gasteiger partial charge in [-0.3, -0.25) is 4.90 Å². The van der Waals surface area contributed by atoms with E-state index in [0.717, 1.165) is 18.0 Å². The van der Waals surface area contributed by atoms with Crippen molar-refractivity contribution in [1.82, 2.24) is 15.1 Å². The molecule has 17 heavy (non-hydrogen) atoms. The Balaban J connectivity index is 1.43. The van der Waals surface area contributed by atoms with E-state index in [-0.39, 0.29) is 0 Å². The average molecular weight is 237 g/mol. The third-order valence-corrected chi connectivity index (χ3v) is 5.13. The van der Waals surface area contributed by atoms with Crippen LogP contribution in [-0.2, 0) is 0 Å². The molecular weight excluding hydrogens is 210 g/mol. The van der Waals surface area contributed by atoms with E-state index in [0.29, 0.717) is 6.04 Å². The summed E-state index contributed by atoms with van der Waals surface area (Å²) in [5, 5.41) is 3.84. The van der Waals surface area contributed by atoms with Crippen LogP contribution >= 0.6 is 0 Å². The molecule has 1 aliphatic carbocycles. The summed E-state index contributed by atoms with van der Waals surface area (Å²) in [6.45, 7) is 7.56. The summed E-state index contributed by atoms with van der Waals surface area (Å²) in [4.78, 5) is 5.19. The second kappa shape index (κ2) is 4.87. The molecule has 0 spiro atoms. The van der Waals surface area contributed by atoms with Gasteiger partial charge in [-0.25, -0.2) is 0 Å². The SMILES string of the molecule is CC(CNC1CCN2CCC1C2)N(C)C1CC1.